The van der Waals surface area contributed by atoms with Crippen molar-refractivity contribution in [3.05, 3.63) is 77.3 Å². The van der Waals surface area contributed by atoms with Crippen LogP contribution in [0.25, 0.3) is 11.4 Å². The normalized spacial score (nSPS) is 12.9. The molecule has 5 nitrogen and oxygen atoms in total. The van der Waals surface area contributed by atoms with Gasteiger partial charge < -0.3 is 5.32 Å². The number of hydrogen-bond acceptors (Lipinski definition) is 4. The largest absolute Gasteiger partial charge is 0.355 e. The number of benzene rings is 2. The van der Waals surface area contributed by atoms with Gasteiger partial charge in [-0.2, -0.15) is 0 Å². The number of nitrogens with zero attached hydrogens (tertiary/aromatic N) is 3. The second kappa shape index (κ2) is 10.6. The molecule has 0 aliphatic heterocycles. The van der Waals surface area contributed by atoms with Gasteiger partial charge in [-0.15, -0.1) is 16.8 Å². The number of carbonyl (C=O) groups excluding carboxylic acids is 1. The molecule has 0 spiro atoms. The van der Waals surface area contributed by atoms with Gasteiger partial charge in [0.05, 0.1) is 5.25 Å². The minimum Gasteiger partial charge on any atom is -0.355 e. The van der Waals surface area contributed by atoms with Crippen molar-refractivity contribution in [3.63, 3.8) is 0 Å². The Morgan fingerprint density at radius 3 is 2.53 bits per heavy atom. The van der Waals surface area contributed by atoms with Gasteiger partial charge in [0.25, 0.3) is 0 Å². The van der Waals surface area contributed by atoms with Crippen molar-refractivity contribution in [1.82, 2.24) is 20.1 Å². The molecule has 0 saturated heterocycles. The zero-order valence-electron chi connectivity index (χ0n) is 17.1. The number of carbonyl (C=O) groups is 1. The molecule has 30 heavy (non-hydrogen) atoms. The Balaban J connectivity index is 1.66. The van der Waals surface area contributed by atoms with Gasteiger partial charge in [-0.3, -0.25) is 9.36 Å². The van der Waals surface area contributed by atoms with Gasteiger partial charge in [-0.25, -0.2) is 0 Å². The van der Waals surface area contributed by atoms with Gasteiger partial charge in [0.1, 0.15) is 0 Å². The topological polar surface area (TPSA) is 59.8 Å². The molecule has 0 saturated carbocycles. The molecule has 0 aliphatic rings. The average Bonchev–Trinajstić information content (AvgIpc) is 3.15. The van der Waals surface area contributed by atoms with E-state index in [2.05, 4.69) is 57.1 Å². The molecule has 0 fully saturated rings. The van der Waals surface area contributed by atoms with E-state index in [1.54, 1.807) is 0 Å². The van der Waals surface area contributed by atoms with Crippen molar-refractivity contribution in [2.75, 3.05) is 6.54 Å². The van der Waals surface area contributed by atoms with Gasteiger partial charge >= 0.3 is 0 Å². The highest BCUT2D eigenvalue weighted by molar-refractivity contribution is 9.10. The molecule has 156 valence electrons. The van der Waals surface area contributed by atoms with Crippen molar-refractivity contribution < 1.29 is 4.79 Å². The SMILES string of the molecule is C=CCn1c(SC(C)C(=O)NCC(C)c2ccccc2)nnc1-c1ccc(Br)cc1. The number of allylic oxidation sites excluding steroid dienone is 1. The number of halogens is 1. The van der Waals surface area contributed by atoms with Gasteiger partial charge in [0, 0.05) is 23.1 Å². The van der Waals surface area contributed by atoms with E-state index in [4.69, 9.17) is 0 Å². The number of aromatic nitrogens is 3. The summed E-state index contributed by atoms with van der Waals surface area (Å²) in [7, 11) is 0. The monoisotopic (exact) mass is 484 g/mol. The molecule has 2 aromatic carbocycles. The van der Waals surface area contributed by atoms with Crippen LogP contribution in [0.1, 0.15) is 25.3 Å². The Morgan fingerprint density at radius 1 is 1.17 bits per heavy atom. The maximum absolute atomic E-state index is 12.7. The molecule has 0 radical (unpaired) electrons. The number of nitrogens with one attached hydrogen (secondary N) is 1. The summed E-state index contributed by atoms with van der Waals surface area (Å²) in [5, 5.41) is 12.2. The molecular formula is C23H25BrN4OS. The van der Waals surface area contributed by atoms with E-state index in [9.17, 15) is 4.79 Å². The maximum atomic E-state index is 12.7. The van der Waals surface area contributed by atoms with Crippen LogP contribution in [-0.2, 0) is 11.3 Å². The molecule has 2 atom stereocenters. The van der Waals surface area contributed by atoms with Gasteiger partial charge in [-0.05, 0) is 30.5 Å². The first-order chi connectivity index (χ1) is 14.5. The standard InChI is InChI=1S/C23H25BrN4OS/c1-4-14-28-21(19-10-12-20(24)13-11-19)26-27-23(28)30-17(3)22(29)25-15-16(2)18-8-6-5-7-9-18/h4-13,16-17H,1,14-15H2,2-3H3,(H,25,29). The highest BCUT2D eigenvalue weighted by Crippen LogP contribution is 2.28. The molecule has 3 aromatic rings. The first-order valence-corrected chi connectivity index (χ1v) is 11.5. The lowest BCUT2D eigenvalue weighted by Crippen LogP contribution is -2.33. The van der Waals surface area contributed by atoms with Gasteiger partial charge in [0.2, 0.25) is 5.91 Å². The molecule has 0 aliphatic carbocycles. The number of amides is 1. The summed E-state index contributed by atoms with van der Waals surface area (Å²) in [6.07, 6.45) is 1.81. The quantitative estimate of drug-likeness (QED) is 0.330. The first-order valence-electron chi connectivity index (χ1n) is 9.79. The summed E-state index contributed by atoms with van der Waals surface area (Å²) in [5.74, 6) is 0.997. The van der Waals surface area contributed by atoms with Crippen molar-refractivity contribution in [1.29, 1.82) is 0 Å². The van der Waals surface area contributed by atoms with E-state index >= 15 is 0 Å². The number of thioether (sulfide) groups is 1. The Morgan fingerprint density at radius 2 is 1.87 bits per heavy atom. The third-order valence-corrected chi connectivity index (χ3v) is 6.34. The van der Waals surface area contributed by atoms with Crippen molar-refractivity contribution in [2.45, 2.75) is 36.7 Å². The zero-order valence-corrected chi connectivity index (χ0v) is 19.5. The first kappa shape index (κ1) is 22.3. The van der Waals surface area contributed by atoms with Crippen LogP contribution in [-0.4, -0.2) is 32.5 Å². The van der Waals surface area contributed by atoms with E-state index < -0.39 is 0 Å². The molecular weight excluding hydrogens is 460 g/mol. The number of rotatable bonds is 9. The van der Waals surface area contributed by atoms with Crippen LogP contribution in [0.5, 0.6) is 0 Å². The third-order valence-electron chi connectivity index (χ3n) is 4.73. The lowest BCUT2D eigenvalue weighted by atomic mass is 10.0. The smallest absolute Gasteiger partial charge is 0.233 e. The molecule has 1 N–H and O–H groups in total. The molecule has 0 bridgehead atoms. The minimum atomic E-state index is -0.293. The summed E-state index contributed by atoms with van der Waals surface area (Å²) < 4.78 is 2.99. The summed E-state index contributed by atoms with van der Waals surface area (Å²) in [6.45, 7) is 9.01. The fraction of sp³-hybridized carbons (Fsp3) is 0.261. The van der Waals surface area contributed by atoms with Crippen LogP contribution in [0.2, 0.25) is 0 Å². The minimum absolute atomic E-state index is 0.0128. The van der Waals surface area contributed by atoms with Crippen LogP contribution in [0.15, 0.2) is 76.9 Å². The lowest BCUT2D eigenvalue weighted by Gasteiger charge is -2.16. The van der Waals surface area contributed by atoms with E-state index in [-0.39, 0.29) is 17.1 Å². The van der Waals surface area contributed by atoms with Gasteiger partial charge in [0.15, 0.2) is 11.0 Å². The predicted molar refractivity (Wildman–Crippen MR) is 127 cm³/mol. The fourth-order valence-corrected chi connectivity index (χ4v) is 4.14. The maximum Gasteiger partial charge on any atom is 0.233 e. The molecule has 1 amide bonds. The van der Waals surface area contributed by atoms with Crippen molar-refractivity contribution >= 4 is 33.6 Å². The zero-order chi connectivity index (χ0) is 21.5. The Bertz CT molecular complexity index is 988. The summed E-state index contributed by atoms with van der Waals surface area (Å²) >= 11 is 4.86. The van der Waals surface area contributed by atoms with Crippen LogP contribution < -0.4 is 5.32 Å². The Hall–Kier alpha value is -2.38. The van der Waals surface area contributed by atoms with E-state index in [1.165, 1.54) is 17.3 Å². The van der Waals surface area contributed by atoms with E-state index in [0.717, 1.165) is 15.9 Å². The molecule has 1 aromatic heterocycles. The Labute approximate surface area is 190 Å². The average molecular weight is 485 g/mol. The van der Waals surface area contributed by atoms with Crippen LogP contribution >= 0.6 is 27.7 Å². The number of hydrogen-bond donors (Lipinski definition) is 1. The summed E-state index contributed by atoms with van der Waals surface area (Å²) in [5.41, 5.74) is 2.18. The van der Waals surface area contributed by atoms with Crippen LogP contribution in [0.4, 0.5) is 0 Å². The van der Waals surface area contributed by atoms with Crippen molar-refractivity contribution in [2.24, 2.45) is 0 Å². The van der Waals surface area contributed by atoms with Crippen LogP contribution in [0.3, 0.4) is 0 Å². The second-order valence-corrected chi connectivity index (χ2v) is 9.25. The summed E-state index contributed by atoms with van der Waals surface area (Å²) in [4.78, 5) is 12.7. The summed E-state index contributed by atoms with van der Waals surface area (Å²) in [6, 6.07) is 18.1. The second-order valence-electron chi connectivity index (χ2n) is 7.03. The molecule has 7 heteroatoms. The predicted octanol–water partition coefficient (Wildman–Crippen LogP) is 5.29. The van der Waals surface area contributed by atoms with E-state index in [0.29, 0.717) is 18.2 Å². The fourth-order valence-electron chi connectivity index (χ4n) is 2.99. The molecule has 1 heterocycles. The highest BCUT2D eigenvalue weighted by Gasteiger charge is 2.21. The van der Waals surface area contributed by atoms with E-state index in [1.807, 2.05) is 60.0 Å². The third kappa shape index (κ3) is 5.61. The molecule has 2 unspecified atom stereocenters. The Kier molecular flexibility index (Phi) is 7.87. The highest BCUT2D eigenvalue weighted by atomic mass is 79.9. The molecule has 3 rings (SSSR count). The van der Waals surface area contributed by atoms with Crippen LogP contribution in [0, 0.1) is 0 Å². The lowest BCUT2D eigenvalue weighted by molar-refractivity contribution is -0.120. The van der Waals surface area contributed by atoms with Crippen molar-refractivity contribution in [3.8, 4) is 11.4 Å². The van der Waals surface area contributed by atoms with Gasteiger partial charge in [-0.1, -0.05) is 83.2 Å².